The van der Waals surface area contributed by atoms with E-state index in [2.05, 4.69) is 0 Å². The van der Waals surface area contributed by atoms with E-state index in [9.17, 15) is 19.5 Å². The van der Waals surface area contributed by atoms with E-state index in [1.54, 1.807) is 12.1 Å². The van der Waals surface area contributed by atoms with Crippen LogP contribution in [0, 0.1) is 0 Å². The standard InChI is InChI=1S/C23H24N2O4/c1-24(21(26)15-6-3-2-4-7-15)20-13-18-10-11-19(14-20)25(18)22(27)16-8-5-9-17(12-16)23(28)29/h2-9,12,18-20H,10-11,13-14H2,1H3,(H,28,29). The number of carboxylic acids is 1. The van der Waals surface area contributed by atoms with Crippen LogP contribution in [0.2, 0.25) is 0 Å². The van der Waals surface area contributed by atoms with Gasteiger partial charge in [0.15, 0.2) is 0 Å². The Bertz CT molecular complexity index is 929. The van der Waals surface area contributed by atoms with Crippen molar-refractivity contribution in [2.24, 2.45) is 0 Å². The Labute approximate surface area is 169 Å². The summed E-state index contributed by atoms with van der Waals surface area (Å²) in [6, 6.07) is 15.7. The Hall–Kier alpha value is -3.15. The second-order valence-electron chi connectivity index (χ2n) is 7.89. The van der Waals surface area contributed by atoms with Gasteiger partial charge >= 0.3 is 5.97 Å². The molecule has 2 atom stereocenters. The largest absolute Gasteiger partial charge is 0.478 e. The molecule has 2 unspecified atom stereocenters. The molecule has 0 radical (unpaired) electrons. The first-order valence-electron chi connectivity index (χ1n) is 9.94. The number of fused-ring (bicyclic) bond motifs is 2. The molecule has 6 heteroatoms. The normalized spacial score (nSPS) is 22.9. The first kappa shape index (κ1) is 19.2. The van der Waals surface area contributed by atoms with Crippen LogP contribution in [0.3, 0.4) is 0 Å². The third-order valence-electron chi connectivity index (χ3n) is 6.19. The number of benzene rings is 2. The molecule has 0 saturated carbocycles. The molecule has 2 aromatic rings. The average molecular weight is 392 g/mol. The molecule has 0 aromatic heterocycles. The van der Waals surface area contributed by atoms with Gasteiger partial charge in [-0.15, -0.1) is 0 Å². The van der Waals surface area contributed by atoms with E-state index in [1.165, 1.54) is 12.1 Å². The van der Waals surface area contributed by atoms with Crippen LogP contribution in [-0.4, -0.2) is 57.9 Å². The van der Waals surface area contributed by atoms with E-state index < -0.39 is 5.97 Å². The predicted octanol–water partition coefficient (Wildman–Crippen LogP) is 3.29. The fraction of sp³-hybridized carbons (Fsp3) is 0.348. The number of amides is 2. The summed E-state index contributed by atoms with van der Waals surface area (Å²) in [5.74, 6) is -1.15. The molecule has 2 aliphatic rings. The van der Waals surface area contributed by atoms with Gasteiger partial charge in [-0.1, -0.05) is 24.3 Å². The van der Waals surface area contributed by atoms with E-state index in [-0.39, 0.29) is 35.5 Å². The number of rotatable bonds is 4. The van der Waals surface area contributed by atoms with E-state index in [0.717, 1.165) is 25.7 Å². The van der Waals surface area contributed by atoms with Crippen molar-refractivity contribution in [1.82, 2.24) is 9.80 Å². The van der Waals surface area contributed by atoms with Crippen LogP contribution in [0.15, 0.2) is 54.6 Å². The molecule has 6 nitrogen and oxygen atoms in total. The lowest BCUT2D eigenvalue weighted by atomic mass is 9.94. The summed E-state index contributed by atoms with van der Waals surface area (Å²) in [6.07, 6.45) is 3.32. The zero-order valence-corrected chi connectivity index (χ0v) is 16.3. The zero-order chi connectivity index (χ0) is 20.5. The SMILES string of the molecule is CN(C(=O)c1ccccc1)C1CC2CCC(C1)N2C(=O)c1cccc(C(=O)O)c1. The van der Waals surface area contributed by atoms with Gasteiger partial charge in [0.05, 0.1) is 5.56 Å². The highest BCUT2D eigenvalue weighted by Gasteiger charge is 2.45. The van der Waals surface area contributed by atoms with Gasteiger partial charge in [-0.3, -0.25) is 9.59 Å². The maximum absolute atomic E-state index is 13.1. The minimum absolute atomic E-state index is 0.00364. The highest BCUT2D eigenvalue weighted by atomic mass is 16.4. The number of carbonyl (C=O) groups is 3. The topological polar surface area (TPSA) is 77.9 Å². The highest BCUT2D eigenvalue weighted by Crippen LogP contribution is 2.38. The zero-order valence-electron chi connectivity index (χ0n) is 16.3. The molecule has 2 aromatic carbocycles. The van der Waals surface area contributed by atoms with Crippen LogP contribution in [-0.2, 0) is 0 Å². The Kier molecular flexibility index (Phi) is 5.09. The van der Waals surface area contributed by atoms with Crippen molar-refractivity contribution in [3.8, 4) is 0 Å². The van der Waals surface area contributed by atoms with Crippen molar-refractivity contribution in [2.75, 3.05) is 7.05 Å². The summed E-state index contributed by atoms with van der Waals surface area (Å²) in [4.78, 5) is 40.9. The van der Waals surface area contributed by atoms with Gasteiger partial charge in [-0.2, -0.15) is 0 Å². The Morgan fingerprint density at radius 2 is 1.48 bits per heavy atom. The second kappa shape index (κ2) is 7.70. The molecule has 150 valence electrons. The Morgan fingerprint density at radius 3 is 2.10 bits per heavy atom. The molecule has 4 rings (SSSR count). The minimum Gasteiger partial charge on any atom is -0.478 e. The molecular weight excluding hydrogens is 368 g/mol. The first-order valence-corrected chi connectivity index (χ1v) is 9.94. The molecule has 2 saturated heterocycles. The van der Waals surface area contributed by atoms with E-state index in [1.807, 2.05) is 47.2 Å². The van der Waals surface area contributed by atoms with Crippen molar-refractivity contribution >= 4 is 17.8 Å². The van der Waals surface area contributed by atoms with Gasteiger partial charge in [-0.05, 0) is 56.0 Å². The quantitative estimate of drug-likeness (QED) is 0.866. The molecule has 2 amide bonds. The summed E-state index contributed by atoms with van der Waals surface area (Å²) in [6.45, 7) is 0. The first-order chi connectivity index (χ1) is 14.0. The average Bonchev–Trinajstić information content (AvgIpc) is 3.01. The van der Waals surface area contributed by atoms with Crippen LogP contribution in [0.4, 0.5) is 0 Å². The maximum Gasteiger partial charge on any atom is 0.335 e. The molecule has 29 heavy (non-hydrogen) atoms. The van der Waals surface area contributed by atoms with Crippen LogP contribution < -0.4 is 0 Å². The minimum atomic E-state index is -1.04. The van der Waals surface area contributed by atoms with Crippen LogP contribution in [0.1, 0.15) is 56.8 Å². The molecule has 2 bridgehead atoms. The van der Waals surface area contributed by atoms with Gasteiger partial charge < -0.3 is 14.9 Å². The number of nitrogens with zero attached hydrogens (tertiary/aromatic N) is 2. The summed E-state index contributed by atoms with van der Waals surface area (Å²) in [5, 5.41) is 9.20. The number of hydrogen-bond acceptors (Lipinski definition) is 3. The summed E-state index contributed by atoms with van der Waals surface area (Å²) in [5.41, 5.74) is 1.20. The number of piperidine rings is 1. The molecule has 0 aliphatic carbocycles. The molecular formula is C23H24N2O4. The van der Waals surface area contributed by atoms with Gasteiger partial charge in [0.1, 0.15) is 0 Å². The van der Waals surface area contributed by atoms with Crippen LogP contribution in [0.25, 0.3) is 0 Å². The third-order valence-corrected chi connectivity index (χ3v) is 6.19. The van der Waals surface area contributed by atoms with Gasteiger partial charge in [0.2, 0.25) is 0 Å². The van der Waals surface area contributed by atoms with Crippen molar-refractivity contribution in [2.45, 2.75) is 43.8 Å². The van der Waals surface area contributed by atoms with Crippen molar-refractivity contribution in [3.05, 3.63) is 71.3 Å². The van der Waals surface area contributed by atoms with E-state index in [4.69, 9.17) is 0 Å². The number of carboxylic acid groups (broad SMARTS) is 1. The Morgan fingerprint density at radius 1 is 0.897 bits per heavy atom. The molecule has 1 N–H and O–H groups in total. The van der Waals surface area contributed by atoms with Gasteiger partial charge in [0, 0.05) is 36.3 Å². The number of carbonyl (C=O) groups excluding carboxylic acids is 2. The number of hydrogen-bond donors (Lipinski definition) is 1. The molecule has 2 aliphatic heterocycles. The van der Waals surface area contributed by atoms with Crippen molar-refractivity contribution < 1.29 is 19.5 Å². The smallest absolute Gasteiger partial charge is 0.335 e. The molecule has 2 heterocycles. The van der Waals surface area contributed by atoms with Crippen molar-refractivity contribution in [1.29, 1.82) is 0 Å². The highest BCUT2D eigenvalue weighted by molar-refractivity contribution is 5.98. The van der Waals surface area contributed by atoms with E-state index >= 15 is 0 Å². The monoisotopic (exact) mass is 392 g/mol. The third kappa shape index (κ3) is 3.62. The Balaban J connectivity index is 1.49. The number of aromatic carboxylic acids is 1. The van der Waals surface area contributed by atoms with Gasteiger partial charge in [-0.25, -0.2) is 4.79 Å². The second-order valence-corrected chi connectivity index (χ2v) is 7.89. The van der Waals surface area contributed by atoms with E-state index in [0.29, 0.717) is 11.1 Å². The predicted molar refractivity (Wildman–Crippen MR) is 108 cm³/mol. The summed E-state index contributed by atoms with van der Waals surface area (Å²) in [7, 11) is 1.84. The lowest BCUT2D eigenvalue weighted by molar-refractivity contribution is 0.0407. The van der Waals surface area contributed by atoms with Crippen LogP contribution in [0.5, 0.6) is 0 Å². The van der Waals surface area contributed by atoms with Crippen molar-refractivity contribution in [3.63, 3.8) is 0 Å². The van der Waals surface area contributed by atoms with Gasteiger partial charge in [0.25, 0.3) is 11.8 Å². The molecule has 2 fully saturated rings. The lowest BCUT2D eigenvalue weighted by Gasteiger charge is -2.42. The lowest BCUT2D eigenvalue weighted by Crippen LogP contribution is -2.52. The van der Waals surface area contributed by atoms with Crippen LogP contribution >= 0.6 is 0 Å². The maximum atomic E-state index is 13.1. The summed E-state index contributed by atoms with van der Waals surface area (Å²) >= 11 is 0. The summed E-state index contributed by atoms with van der Waals surface area (Å²) < 4.78 is 0. The fourth-order valence-electron chi connectivity index (χ4n) is 4.68. The molecule has 0 spiro atoms. The fourth-order valence-corrected chi connectivity index (χ4v) is 4.68.